The summed E-state index contributed by atoms with van der Waals surface area (Å²) in [6, 6.07) is 9.93. The molecule has 5 nitrogen and oxygen atoms in total. The van der Waals surface area contributed by atoms with Crippen LogP contribution in [-0.4, -0.2) is 12.5 Å². The van der Waals surface area contributed by atoms with Gasteiger partial charge in [0.2, 0.25) is 5.91 Å². The van der Waals surface area contributed by atoms with Crippen LogP contribution in [0.25, 0.3) is 0 Å². The number of amides is 1. The minimum Gasteiger partial charge on any atom is -0.297 e. The molecule has 1 aromatic carbocycles. The van der Waals surface area contributed by atoms with E-state index in [0.717, 1.165) is 12.0 Å². The van der Waals surface area contributed by atoms with Crippen LogP contribution in [0.3, 0.4) is 0 Å². The molecular formula is C16H25N3O2. The van der Waals surface area contributed by atoms with Gasteiger partial charge in [-0.3, -0.25) is 15.1 Å². The molecule has 1 atom stereocenters. The second-order valence-corrected chi connectivity index (χ2v) is 5.71. The van der Waals surface area contributed by atoms with E-state index in [0.29, 0.717) is 19.1 Å². The molecule has 1 aromatic rings. The van der Waals surface area contributed by atoms with E-state index in [-0.39, 0.29) is 11.8 Å². The summed E-state index contributed by atoms with van der Waals surface area (Å²) in [7, 11) is 0. The monoisotopic (exact) mass is 291 g/mol. The highest BCUT2D eigenvalue weighted by molar-refractivity contribution is 5.78. The normalized spacial score (nSPS) is 16.8. The first kappa shape index (κ1) is 15.9. The number of carbonyl (C=O) groups excluding carboxylic acids is 1. The molecule has 0 aliphatic heterocycles. The van der Waals surface area contributed by atoms with Crippen molar-refractivity contribution in [1.29, 1.82) is 0 Å². The van der Waals surface area contributed by atoms with Crippen LogP contribution in [0.15, 0.2) is 30.3 Å². The Bertz CT molecular complexity index is 419. The summed E-state index contributed by atoms with van der Waals surface area (Å²) in [6.45, 7) is 0.980. The smallest absolute Gasteiger partial charge is 0.238 e. The fourth-order valence-electron chi connectivity index (χ4n) is 2.92. The third-order valence-electron chi connectivity index (χ3n) is 4.12. The molecule has 1 aliphatic carbocycles. The number of hydrogen-bond donors (Lipinski definition) is 3. The van der Waals surface area contributed by atoms with E-state index >= 15 is 0 Å². The van der Waals surface area contributed by atoms with Gasteiger partial charge in [-0.25, -0.2) is 11.3 Å². The van der Waals surface area contributed by atoms with Crippen molar-refractivity contribution in [3.63, 3.8) is 0 Å². The Morgan fingerprint density at radius 1 is 1.29 bits per heavy atom. The number of rotatable bonds is 8. The molecule has 0 radical (unpaired) electrons. The summed E-state index contributed by atoms with van der Waals surface area (Å²) in [4.78, 5) is 17.3. The van der Waals surface area contributed by atoms with Crippen LogP contribution < -0.4 is 16.7 Å². The zero-order chi connectivity index (χ0) is 14.9. The Labute approximate surface area is 126 Å². The zero-order valence-electron chi connectivity index (χ0n) is 12.4. The summed E-state index contributed by atoms with van der Waals surface area (Å²) in [5, 5.41) is 0. The van der Waals surface area contributed by atoms with Crippen molar-refractivity contribution in [3.8, 4) is 0 Å². The van der Waals surface area contributed by atoms with Gasteiger partial charge in [-0.2, -0.15) is 0 Å². The van der Waals surface area contributed by atoms with E-state index in [2.05, 4.69) is 10.9 Å². The Hall–Kier alpha value is -1.43. The molecule has 5 heteroatoms. The standard InChI is InChI=1S/C16H25N3O2/c17-19-16(20)15(10-13-6-4-5-7-13)11-18-21-12-14-8-2-1-3-9-14/h1-3,8-9,13,15,18H,4-7,10-12,17H2,(H,19,20)/t15-/m1/s1. The van der Waals surface area contributed by atoms with E-state index in [1.807, 2.05) is 30.3 Å². The molecule has 0 bridgehead atoms. The molecular weight excluding hydrogens is 266 g/mol. The van der Waals surface area contributed by atoms with Gasteiger partial charge in [0, 0.05) is 6.54 Å². The highest BCUT2D eigenvalue weighted by atomic mass is 16.6. The number of hydrogen-bond acceptors (Lipinski definition) is 4. The number of benzene rings is 1. The first-order valence-electron chi connectivity index (χ1n) is 7.68. The Kier molecular flexibility index (Phi) is 6.66. The van der Waals surface area contributed by atoms with E-state index < -0.39 is 0 Å². The predicted octanol–water partition coefficient (Wildman–Crippen LogP) is 1.89. The van der Waals surface area contributed by atoms with Gasteiger partial charge >= 0.3 is 0 Å². The van der Waals surface area contributed by atoms with E-state index in [1.165, 1.54) is 25.7 Å². The lowest BCUT2D eigenvalue weighted by atomic mass is 9.93. The molecule has 0 spiro atoms. The molecule has 2 rings (SSSR count). The summed E-state index contributed by atoms with van der Waals surface area (Å²) in [6.07, 6.45) is 5.88. The molecule has 1 fully saturated rings. The summed E-state index contributed by atoms with van der Waals surface area (Å²) in [5.74, 6) is 5.67. The van der Waals surface area contributed by atoms with Gasteiger partial charge in [-0.15, -0.1) is 0 Å². The number of carbonyl (C=O) groups is 1. The van der Waals surface area contributed by atoms with Gasteiger partial charge in [0.05, 0.1) is 12.5 Å². The molecule has 116 valence electrons. The average molecular weight is 291 g/mol. The van der Waals surface area contributed by atoms with Crippen LogP contribution in [0, 0.1) is 11.8 Å². The molecule has 21 heavy (non-hydrogen) atoms. The van der Waals surface area contributed by atoms with Crippen molar-refractivity contribution in [2.45, 2.75) is 38.7 Å². The number of hydroxylamine groups is 1. The predicted molar refractivity (Wildman–Crippen MR) is 81.6 cm³/mol. The minimum atomic E-state index is -0.131. The Morgan fingerprint density at radius 2 is 2.00 bits per heavy atom. The van der Waals surface area contributed by atoms with Crippen molar-refractivity contribution in [1.82, 2.24) is 10.9 Å². The highest BCUT2D eigenvalue weighted by Crippen LogP contribution is 2.30. The molecule has 0 unspecified atom stereocenters. The number of nitrogens with one attached hydrogen (secondary N) is 2. The topological polar surface area (TPSA) is 76.4 Å². The van der Waals surface area contributed by atoms with E-state index in [1.54, 1.807) is 0 Å². The summed E-state index contributed by atoms with van der Waals surface area (Å²) >= 11 is 0. The Balaban J connectivity index is 1.72. The van der Waals surface area contributed by atoms with E-state index in [4.69, 9.17) is 10.7 Å². The SMILES string of the molecule is NNC(=O)[C@@H](CNOCc1ccccc1)CC1CCCC1. The van der Waals surface area contributed by atoms with Crippen molar-refractivity contribution < 1.29 is 9.63 Å². The third-order valence-corrected chi connectivity index (χ3v) is 4.12. The van der Waals surface area contributed by atoms with Crippen LogP contribution in [0.2, 0.25) is 0 Å². The maximum absolute atomic E-state index is 11.8. The van der Waals surface area contributed by atoms with Crippen LogP contribution in [0.1, 0.15) is 37.7 Å². The van der Waals surface area contributed by atoms with Crippen molar-refractivity contribution in [2.24, 2.45) is 17.7 Å². The second kappa shape index (κ2) is 8.77. The average Bonchev–Trinajstić information content (AvgIpc) is 3.03. The van der Waals surface area contributed by atoms with Crippen LogP contribution in [0.5, 0.6) is 0 Å². The first-order chi connectivity index (χ1) is 10.3. The first-order valence-corrected chi connectivity index (χ1v) is 7.68. The van der Waals surface area contributed by atoms with Crippen LogP contribution in [-0.2, 0) is 16.2 Å². The molecule has 0 heterocycles. The van der Waals surface area contributed by atoms with Gasteiger partial charge in [-0.1, -0.05) is 56.0 Å². The van der Waals surface area contributed by atoms with E-state index in [9.17, 15) is 4.79 Å². The maximum Gasteiger partial charge on any atom is 0.238 e. The molecule has 4 N–H and O–H groups in total. The lowest BCUT2D eigenvalue weighted by Gasteiger charge is -2.19. The molecule has 0 aromatic heterocycles. The quantitative estimate of drug-likeness (QED) is 0.296. The molecule has 1 amide bonds. The molecule has 0 saturated heterocycles. The lowest BCUT2D eigenvalue weighted by molar-refractivity contribution is -0.126. The van der Waals surface area contributed by atoms with Gasteiger partial charge in [-0.05, 0) is 17.9 Å². The van der Waals surface area contributed by atoms with Crippen molar-refractivity contribution in [2.75, 3.05) is 6.54 Å². The third kappa shape index (κ3) is 5.46. The van der Waals surface area contributed by atoms with Crippen LogP contribution >= 0.6 is 0 Å². The summed E-state index contributed by atoms with van der Waals surface area (Å²) < 4.78 is 0. The Morgan fingerprint density at radius 3 is 2.67 bits per heavy atom. The fraction of sp³-hybridized carbons (Fsp3) is 0.562. The lowest BCUT2D eigenvalue weighted by Crippen LogP contribution is -2.41. The highest BCUT2D eigenvalue weighted by Gasteiger charge is 2.24. The largest absolute Gasteiger partial charge is 0.297 e. The zero-order valence-corrected chi connectivity index (χ0v) is 12.4. The van der Waals surface area contributed by atoms with Gasteiger partial charge in [0.25, 0.3) is 0 Å². The molecule has 1 saturated carbocycles. The molecule has 1 aliphatic rings. The van der Waals surface area contributed by atoms with Crippen LogP contribution in [0.4, 0.5) is 0 Å². The maximum atomic E-state index is 11.8. The van der Waals surface area contributed by atoms with Crippen molar-refractivity contribution in [3.05, 3.63) is 35.9 Å². The minimum absolute atomic E-state index is 0.113. The number of nitrogens with two attached hydrogens (primary N) is 1. The van der Waals surface area contributed by atoms with Gasteiger partial charge in [0.15, 0.2) is 0 Å². The van der Waals surface area contributed by atoms with Crippen molar-refractivity contribution >= 4 is 5.91 Å². The van der Waals surface area contributed by atoms with Gasteiger partial charge < -0.3 is 0 Å². The van der Waals surface area contributed by atoms with Gasteiger partial charge in [0.1, 0.15) is 0 Å². The number of hydrazine groups is 1. The fourth-order valence-corrected chi connectivity index (χ4v) is 2.92. The summed E-state index contributed by atoms with van der Waals surface area (Å²) in [5.41, 5.74) is 6.27. The second-order valence-electron chi connectivity index (χ2n) is 5.71.